The maximum absolute atomic E-state index is 13.3. The van der Waals surface area contributed by atoms with E-state index in [4.69, 9.17) is 27.9 Å². The first-order valence-electron chi connectivity index (χ1n) is 11.4. The lowest BCUT2D eigenvalue weighted by Gasteiger charge is -2.14. The number of aryl methyl sites for hydroxylation is 3. The number of halogens is 2. The number of sulfonamides is 1. The zero-order chi connectivity index (χ0) is 26.0. The summed E-state index contributed by atoms with van der Waals surface area (Å²) < 4.78 is 35.7. The lowest BCUT2D eigenvalue weighted by atomic mass is 10.1. The highest BCUT2D eigenvalue weighted by Gasteiger charge is 2.26. The molecule has 0 radical (unpaired) electrons. The monoisotopic (exact) mass is 544 g/mol. The summed E-state index contributed by atoms with van der Waals surface area (Å²) in [5.41, 5.74) is 3.79. The van der Waals surface area contributed by atoms with Crippen LogP contribution in [0.1, 0.15) is 33.6 Å². The van der Waals surface area contributed by atoms with Crippen LogP contribution < -0.4 is 9.46 Å². The number of fused-ring (bicyclic) bond motifs is 1. The van der Waals surface area contributed by atoms with E-state index in [2.05, 4.69) is 4.72 Å². The summed E-state index contributed by atoms with van der Waals surface area (Å²) in [6.07, 6.45) is 0.575. The third-order valence-electron chi connectivity index (χ3n) is 6.19. The smallest absolute Gasteiger partial charge is 0.281 e. The summed E-state index contributed by atoms with van der Waals surface area (Å²) in [6.45, 7) is 6.64. The largest absolute Gasteiger partial charge is 0.493 e. The van der Waals surface area contributed by atoms with Gasteiger partial charge in [-0.05, 0) is 80.3 Å². The van der Waals surface area contributed by atoms with Crippen LogP contribution in [-0.2, 0) is 16.6 Å². The maximum atomic E-state index is 13.3. The second-order valence-corrected chi connectivity index (χ2v) is 11.1. The van der Waals surface area contributed by atoms with Crippen LogP contribution in [0.2, 0.25) is 10.0 Å². The molecule has 0 atom stereocenters. The van der Waals surface area contributed by atoms with E-state index in [1.54, 1.807) is 23.6 Å². The van der Waals surface area contributed by atoms with Crippen molar-refractivity contribution < 1.29 is 17.9 Å². The number of para-hydroxylation sites is 1. The van der Waals surface area contributed by atoms with Crippen LogP contribution >= 0.6 is 23.2 Å². The normalized spacial score (nSPS) is 11.6. The molecule has 0 aliphatic rings. The molecule has 3 aromatic carbocycles. The Labute approximate surface area is 220 Å². The van der Waals surface area contributed by atoms with E-state index in [9.17, 15) is 13.2 Å². The fourth-order valence-corrected chi connectivity index (χ4v) is 5.53. The first kappa shape index (κ1) is 26.1. The molecule has 188 valence electrons. The van der Waals surface area contributed by atoms with Crippen molar-refractivity contribution in [1.82, 2.24) is 9.29 Å². The van der Waals surface area contributed by atoms with Crippen molar-refractivity contribution >= 4 is 50.0 Å². The van der Waals surface area contributed by atoms with Gasteiger partial charge in [0.05, 0.1) is 22.0 Å². The van der Waals surface area contributed by atoms with Crippen LogP contribution in [0.5, 0.6) is 5.75 Å². The van der Waals surface area contributed by atoms with Gasteiger partial charge in [0.15, 0.2) is 0 Å². The number of ether oxygens (including phenoxy) is 1. The van der Waals surface area contributed by atoms with E-state index >= 15 is 0 Å². The van der Waals surface area contributed by atoms with E-state index in [1.807, 2.05) is 38.1 Å². The summed E-state index contributed by atoms with van der Waals surface area (Å²) >= 11 is 12.4. The molecule has 0 bridgehead atoms. The van der Waals surface area contributed by atoms with Gasteiger partial charge in [0, 0.05) is 17.0 Å². The lowest BCUT2D eigenvalue weighted by molar-refractivity contribution is 0.0971. The van der Waals surface area contributed by atoms with Gasteiger partial charge in [-0.1, -0.05) is 47.5 Å². The second-order valence-electron chi connectivity index (χ2n) is 8.55. The Morgan fingerprint density at radius 2 is 1.64 bits per heavy atom. The maximum Gasteiger partial charge on any atom is 0.281 e. The highest BCUT2D eigenvalue weighted by Crippen LogP contribution is 2.32. The number of aromatic nitrogens is 1. The third kappa shape index (κ3) is 5.24. The Morgan fingerprint density at radius 1 is 0.944 bits per heavy atom. The number of amides is 1. The summed E-state index contributed by atoms with van der Waals surface area (Å²) in [4.78, 5) is 13.3. The van der Waals surface area contributed by atoms with Gasteiger partial charge in [0.25, 0.3) is 15.9 Å². The molecule has 1 amide bonds. The van der Waals surface area contributed by atoms with E-state index in [1.165, 1.54) is 24.3 Å². The molecule has 0 aliphatic carbocycles. The minimum Gasteiger partial charge on any atom is -0.493 e. The highest BCUT2D eigenvalue weighted by molar-refractivity contribution is 7.90. The topological polar surface area (TPSA) is 77.4 Å². The molecule has 9 heteroatoms. The molecule has 0 saturated carbocycles. The Hall–Kier alpha value is -3.00. The van der Waals surface area contributed by atoms with E-state index in [-0.39, 0.29) is 10.6 Å². The number of benzene rings is 3. The molecule has 0 spiro atoms. The average molecular weight is 545 g/mol. The van der Waals surface area contributed by atoms with Crippen molar-refractivity contribution in [2.24, 2.45) is 0 Å². The Bertz CT molecular complexity index is 1540. The van der Waals surface area contributed by atoms with E-state index in [0.29, 0.717) is 40.7 Å². The second kappa shape index (κ2) is 10.5. The minimum absolute atomic E-state index is 0.0551. The molecule has 1 heterocycles. The number of nitrogens with one attached hydrogen (secondary N) is 1. The average Bonchev–Trinajstić information content (AvgIpc) is 3.12. The number of nitrogens with zero attached hydrogens (tertiary/aromatic N) is 1. The van der Waals surface area contributed by atoms with Gasteiger partial charge in [0.1, 0.15) is 11.4 Å². The number of rotatable bonds is 8. The molecule has 4 aromatic rings. The van der Waals surface area contributed by atoms with E-state index in [0.717, 1.165) is 22.3 Å². The molecule has 0 aliphatic heterocycles. The summed E-state index contributed by atoms with van der Waals surface area (Å²) in [5, 5.41) is 1.66. The molecule has 0 unspecified atom stereocenters. The predicted octanol–water partition coefficient (Wildman–Crippen LogP) is 6.46. The van der Waals surface area contributed by atoms with Crippen LogP contribution in [0.15, 0.2) is 65.6 Å². The third-order valence-corrected chi connectivity index (χ3v) is 8.09. The molecule has 0 saturated heterocycles. The molecule has 1 aromatic heterocycles. The number of hydrogen-bond donors (Lipinski definition) is 1. The van der Waals surface area contributed by atoms with Crippen LogP contribution in [0, 0.1) is 20.8 Å². The van der Waals surface area contributed by atoms with Gasteiger partial charge < -0.3 is 9.30 Å². The SMILES string of the molecule is Cc1cccc(OCCCn2c(C(=O)NS(=O)(=O)c3ccc(Cl)cc3)c(C)c3cccc(Cl)c32)c1C. The van der Waals surface area contributed by atoms with Crippen LogP contribution in [0.4, 0.5) is 0 Å². The van der Waals surface area contributed by atoms with Gasteiger partial charge >= 0.3 is 0 Å². The molecule has 0 fully saturated rings. The first-order chi connectivity index (χ1) is 17.1. The van der Waals surface area contributed by atoms with Crippen LogP contribution in [0.25, 0.3) is 10.9 Å². The van der Waals surface area contributed by atoms with Crippen molar-refractivity contribution in [3.8, 4) is 5.75 Å². The van der Waals surface area contributed by atoms with Crippen molar-refractivity contribution in [2.45, 2.75) is 38.6 Å². The van der Waals surface area contributed by atoms with Gasteiger partial charge in [-0.3, -0.25) is 4.79 Å². The van der Waals surface area contributed by atoms with Gasteiger partial charge in [-0.15, -0.1) is 0 Å². The van der Waals surface area contributed by atoms with Crippen molar-refractivity contribution in [1.29, 1.82) is 0 Å². The van der Waals surface area contributed by atoms with Crippen LogP contribution in [0.3, 0.4) is 0 Å². The number of carbonyl (C=O) groups excluding carboxylic acids is 1. The fraction of sp³-hybridized carbons (Fsp3) is 0.222. The Morgan fingerprint density at radius 3 is 2.36 bits per heavy atom. The minimum atomic E-state index is -4.10. The van der Waals surface area contributed by atoms with Crippen molar-refractivity contribution in [2.75, 3.05) is 6.61 Å². The molecule has 6 nitrogen and oxygen atoms in total. The zero-order valence-electron chi connectivity index (χ0n) is 20.1. The molecule has 1 N–H and O–H groups in total. The zero-order valence-corrected chi connectivity index (χ0v) is 22.5. The summed E-state index contributed by atoms with van der Waals surface area (Å²) in [5.74, 6) is 0.0822. The number of carbonyl (C=O) groups is 1. The Balaban J connectivity index is 1.62. The lowest BCUT2D eigenvalue weighted by Crippen LogP contribution is -2.32. The summed E-state index contributed by atoms with van der Waals surface area (Å²) in [6, 6.07) is 16.9. The predicted molar refractivity (Wildman–Crippen MR) is 144 cm³/mol. The highest BCUT2D eigenvalue weighted by atomic mass is 35.5. The van der Waals surface area contributed by atoms with Crippen molar-refractivity contribution in [3.63, 3.8) is 0 Å². The molecular formula is C27H26Cl2N2O4S. The first-order valence-corrected chi connectivity index (χ1v) is 13.6. The quantitative estimate of drug-likeness (QED) is 0.258. The fourth-order valence-electron chi connectivity index (χ4n) is 4.18. The Kier molecular flexibility index (Phi) is 7.64. The summed E-state index contributed by atoms with van der Waals surface area (Å²) in [7, 11) is -4.10. The van der Waals surface area contributed by atoms with Crippen molar-refractivity contribution in [3.05, 3.63) is 93.1 Å². The molecule has 36 heavy (non-hydrogen) atoms. The van der Waals surface area contributed by atoms with Crippen LogP contribution in [-0.4, -0.2) is 25.5 Å². The number of hydrogen-bond acceptors (Lipinski definition) is 4. The van der Waals surface area contributed by atoms with Gasteiger partial charge in [-0.2, -0.15) is 0 Å². The standard InChI is InChI=1S/C27H26Cl2N2O4S/c1-17-7-4-10-24(18(17)2)35-16-6-15-31-25(19(3)22-8-5-9-23(29)26(22)31)27(32)30-36(33,34)21-13-11-20(28)12-14-21/h4-5,7-14H,6,15-16H2,1-3H3,(H,30,32). The van der Waals surface area contributed by atoms with E-state index < -0.39 is 15.9 Å². The van der Waals surface area contributed by atoms with Gasteiger partial charge in [0.2, 0.25) is 0 Å². The molecular weight excluding hydrogens is 519 g/mol. The van der Waals surface area contributed by atoms with Gasteiger partial charge in [-0.25, -0.2) is 13.1 Å². The molecule has 4 rings (SSSR count).